The summed E-state index contributed by atoms with van der Waals surface area (Å²) < 4.78 is 0. The van der Waals surface area contributed by atoms with Crippen LogP contribution in [0, 0.1) is 13.8 Å². The van der Waals surface area contributed by atoms with Crippen molar-refractivity contribution >= 4 is 17.4 Å². The minimum atomic E-state index is 0.702. The molecule has 2 rings (SSSR count). The quantitative estimate of drug-likeness (QED) is 0.912. The molecule has 0 aliphatic heterocycles. The van der Waals surface area contributed by atoms with Crippen LogP contribution in [0.5, 0.6) is 0 Å². The SMILES string of the molecule is CCNc1cc(C)nc(-c2ccc(C)c(Cl)c2)n1. The standard InChI is InChI=1S/C14H16ClN3/c1-4-16-13-7-10(3)17-14(18-13)11-6-5-9(2)12(15)8-11/h5-8H,4H2,1-3H3,(H,16,17,18). The number of rotatable bonds is 3. The Balaban J connectivity index is 2.46. The van der Waals surface area contributed by atoms with Gasteiger partial charge in [-0.15, -0.1) is 0 Å². The van der Waals surface area contributed by atoms with Crippen molar-refractivity contribution in [2.45, 2.75) is 20.8 Å². The minimum Gasteiger partial charge on any atom is -0.370 e. The lowest BCUT2D eigenvalue weighted by Gasteiger charge is -2.08. The summed E-state index contributed by atoms with van der Waals surface area (Å²) in [6.45, 7) is 6.82. The highest BCUT2D eigenvalue weighted by Gasteiger charge is 2.06. The first-order chi connectivity index (χ1) is 8.60. The summed E-state index contributed by atoms with van der Waals surface area (Å²) in [7, 11) is 0. The fourth-order valence-corrected chi connectivity index (χ4v) is 1.88. The van der Waals surface area contributed by atoms with Gasteiger partial charge in [-0.25, -0.2) is 9.97 Å². The van der Waals surface area contributed by atoms with E-state index in [0.29, 0.717) is 5.82 Å². The third kappa shape index (κ3) is 2.79. The van der Waals surface area contributed by atoms with E-state index < -0.39 is 0 Å². The molecule has 0 unspecified atom stereocenters. The van der Waals surface area contributed by atoms with Crippen LogP contribution >= 0.6 is 11.6 Å². The highest BCUT2D eigenvalue weighted by atomic mass is 35.5. The Bertz CT molecular complexity index is 567. The topological polar surface area (TPSA) is 37.8 Å². The first-order valence-corrected chi connectivity index (χ1v) is 6.34. The molecule has 0 radical (unpaired) electrons. The number of hydrogen-bond donors (Lipinski definition) is 1. The van der Waals surface area contributed by atoms with Crippen molar-refractivity contribution in [3.8, 4) is 11.4 Å². The lowest BCUT2D eigenvalue weighted by atomic mass is 10.1. The molecule has 0 saturated carbocycles. The maximum atomic E-state index is 6.13. The van der Waals surface area contributed by atoms with E-state index in [1.807, 2.05) is 45.0 Å². The Kier molecular flexibility index (Phi) is 3.82. The molecule has 0 saturated heterocycles. The van der Waals surface area contributed by atoms with Gasteiger partial charge in [0.05, 0.1) is 0 Å². The second-order valence-corrected chi connectivity index (χ2v) is 4.62. The molecule has 3 nitrogen and oxygen atoms in total. The van der Waals surface area contributed by atoms with Crippen molar-refractivity contribution < 1.29 is 0 Å². The van der Waals surface area contributed by atoms with Crippen LogP contribution in [0.4, 0.5) is 5.82 Å². The van der Waals surface area contributed by atoms with Crippen LogP contribution in [-0.2, 0) is 0 Å². The van der Waals surface area contributed by atoms with Crippen molar-refractivity contribution in [2.75, 3.05) is 11.9 Å². The fourth-order valence-electron chi connectivity index (χ4n) is 1.70. The zero-order valence-corrected chi connectivity index (χ0v) is 11.5. The van der Waals surface area contributed by atoms with Crippen LogP contribution in [-0.4, -0.2) is 16.5 Å². The molecular formula is C14H16ClN3. The molecule has 2 aromatic rings. The van der Waals surface area contributed by atoms with Gasteiger partial charge in [-0.1, -0.05) is 23.7 Å². The molecule has 0 aliphatic rings. The highest BCUT2D eigenvalue weighted by Crippen LogP contribution is 2.24. The summed E-state index contributed by atoms with van der Waals surface area (Å²) in [5, 5.41) is 3.94. The molecule has 1 N–H and O–H groups in total. The summed E-state index contributed by atoms with van der Waals surface area (Å²) in [5.41, 5.74) is 2.93. The van der Waals surface area contributed by atoms with Gasteiger partial charge in [-0.05, 0) is 32.4 Å². The van der Waals surface area contributed by atoms with E-state index >= 15 is 0 Å². The summed E-state index contributed by atoms with van der Waals surface area (Å²) in [5.74, 6) is 1.55. The molecule has 94 valence electrons. The van der Waals surface area contributed by atoms with E-state index in [9.17, 15) is 0 Å². The summed E-state index contributed by atoms with van der Waals surface area (Å²) in [4.78, 5) is 8.93. The Labute approximate surface area is 112 Å². The molecule has 1 aromatic heterocycles. The summed E-state index contributed by atoms with van der Waals surface area (Å²) in [6.07, 6.45) is 0. The first-order valence-electron chi connectivity index (χ1n) is 5.96. The van der Waals surface area contributed by atoms with Gasteiger partial charge in [0.1, 0.15) is 5.82 Å². The van der Waals surface area contributed by atoms with Gasteiger partial charge in [-0.2, -0.15) is 0 Å². The predicted molar refractivity (Wildman–Crippen MR) is 76.1 cm³/mol. The van der Waals surface area contributed by atoms with Crippen LogP contribution in [0.15, 0.2) is 24.3 Å². The second kappa shape index (κ2) is 5.36. The van der Waals surface area contributed by atoms with Gasteiger partial charge in [-0.3, -0.25) is 0 Å². The molecule has 0 bridgehead atoms. The Morgan fingerprint density at radius 3 is 2.61 bits per heavy atom. The van der Waals surface area contributed by atoms with E-state index in [0.717, 1.165) is 34.2 Å². The zero-order chi connectivity index (χ0) is 13.1. The Hall–Kier alpha value is -1.61. The van der Waals surface area contributed by atoms with Crippen LogP contribution in [0.3, 0.4) is 0 Å². The average Bonchev–Trinajstić information content (AvgIpc) is 2.32. The number of aromatic nitrogens is 2. The normalized spacial score (nSPS) is 10.4. The third-order valence-corrected chi connectivity index (χ3v) is 3.05. The van der Waals surface area contributed by atoms with Crippen LogP contribution < -0.4 is 5.32 Å². The maximum Gasteiger partial charge on any atom is 0.161 e. The van der Waals surface area contributed by atoms with E-state index in [1.165, 1.54) is 0 Å². The molecular weight excluding hydrogens is 246 g/mol. The second-order valence-electron chi connectivity index (χ2n) is 4.21. The fraction of sp³-hybridized carbons (Fsp3) is 0.286. The van der Waals surface area contributed by atoms with E-state index in [4.69, 9.17) is 11.6 Å². The number of nitrogens with zero attached hydrogens (tertiary/aromatic N) is 2. The predicted octanol–water partition coefficient (Wildman–Crippen LogP) is 3.85. The minimum absolute atomic E-state index is 0.702. The van der Waals surface area contributed by atoms with Crippen molar-refractivity contribution in [1.29, 1.82) is 0 Å². The van der Waals surface area contributed by atoms with Gasteiger partial charge in [0.25, 0.3) is 0 Å². The molecule has 1 heterocycles. The molecule has 0 spiro atoms. The van der Waals surface area contributed by atoms with Gasteiger partial charge in [0.15, 0.2) is 5.82 Å². The Morgan fingerprint density at radius 1 is 1.17 bits per heavy atom. The largest absolute Gasteiger partial charge is 0.370 e. The van der Waals surface area contributed by atoms with Crippen molar-refractivity contribution in [2.24, 2.45) is 0 Å². The summed E-state index contributed by atoms with van der Waals surface area (Å²) >= 11 is 6.13. The van der Waals surface area contributed by atoms with Gasteiger partial charge in [0, 0.05) is 28.9 Å². The number of hydrogen-bond acceptors (Lipinski definition) is 3. The molecule has 0 atom stereocenters. The number of anilines is 1. The van der Waals surface area contributed by atoms with Crippen LogP contribution in [0.1, 0.15) is 18.2 Å². The van der Waals surface area contributed by atoms with Crippen molar-refractivity contribution in [3.63, 3.8) is 0 Å². The number of nitrogens with one attached hydrogen (secondary N) is 1. The number of aryl methyl sites for hydroxylation is 2. The smallest absolute Gasteiger partial charge is 0.161 e. The van der Waals surface area contributed by atoms with Gasteiger partial charge in [0.2, 0.25) is 0 Å². The van der Waals surface area contributed by atoms with Crippen LogP contribution in [0.2, 0.25) is 5.02 Å². The first kappa shape index (κ1) is 12.8. The maximum absolute atomic E-state index is 6.13. The van der Waals surface area contributed by atoms with Crippen molar-refractivity contribution in [1.82, 2.24) is 9.97 Å². The zero-order valence-electron chi connectivity index (χ0n) is 10.8. The number of benzene rings is 1. The van der Waals surface area contributed by atoms with Crippen LogP contribution in [0.25, 0.3) is 11.4 Å². The average molecular weight is 262 g/mol. The number of halogens is 1. The third-order valence-electron chi connectivity index (χ3n) is 2.64. The summed E-state index contributed by atoms with van der Waals surface area (Å²) in [6, 6.07) is 7.81. The van der Waals surface area contributed by atoms with E-state index in [1.54, 1.807) is 0 Å². The van der Waals surface area contributed by atoms with E-state index in [2.05, 4.69) is 15.3 Å². The van der Waals surface area contributed by atoms with Gasteiger partial charge >= 0.3 is 0 Å². The van der Waals surface area contributed by atoms with Crippen molar-refractivity contribution in [3.05, 3.63) is 40.5 Å². The van der Waals surface area contributed by atoms with Gasteiger partial charge < -0.3 is 5.32 Å². The monoisotopic (exact) mass is 261 g/mol. The van der Waals surface area contributed by atoms with E-state index in [-0.39, 0.29) is 0 Å². The molecule has 0 aliphatic carbocycles. The Morgan fingerprint density at radius 2 is 1.94 bits per heavy atom. The molecule has 1 aromatic carbocycles. The molecule has 0 fully saturated rings. The molecule has 0 amide bonds. The highest BCUT2D eigenvalue weighted by molar-refractivity contribution is 6.31. The molecule has 4 heteroatoms. The molecule has 18 heavy (non-hydrogen) atoms. The lowest BCUT2D eigenvalue weighted by Crippen LogP contribution is -2.02. The lowest BCUT2D eigenvalue weighted by molar-refractivity contribution is 1.08.